The molecule has 1 amide bonds. The van der Waals surface area contributed by atoms with Crippen LogP contribution in [0.15, 0.2) is 41.3 Å². The molecular weight excluding hydrogens is 335 g/mol. The first kappa shape index (κ1) is 16.0. The summed E-state index contributed by atoms with van der Waals surface area (Å²) in [5, 5.41) is 11.5. The normalized spacial score (nSPS) is 13.6. The van der Waals surface area contributed by atoms with Crippen LogP contribution in [0.2, 0.25) is 0 Å². The van der Waals surface area contributed by atoms with Crippen molar-refractivity contribution in [3.63, 3.8) is 0 Å². The Morgan fingerprint density at radius 1 is 1.17 bits per heavy atom. The van der Waals surface area contributed by atoms with Crippen molar-refractivity contribution in [3.8, 4) is 11.8 Å². The molecule has 0 bridgehead atoms. The second kappa shape index (κ2) is 5.94. The van der Waals surface area contributed by atoms with Crippen molar-refractivity contribution in [3.05, 3.63) is 53.3 Å². The molecule has 1 heterocycles. The lowest BCUT2D eigenvalue weighted by atomic mass is 10.0. The third-order valence-electron chi connectivity index (χ3n) is 3.53. The summed E-state index contributed by atoms with van der Waals surface area (Å²) in [6, 6.07) is 8.93. The second-order valence-corrected chi connectivity index (χ2v) is 6.70. The molecule has 0 spiro atoms. The molecule has 0 atom stereocenters. The average Bonchev–Trinajstić information content (AvgIpc) is 2.55. The van der Waals surface area contributed by atoms with Crippen LogP contribution < -0.4 is 9.50 Å². The van der Waals surface area contributed by atoms with E-state index in [1.807, 2.05) is 0 Å². The minimum atomic E-state index is -4.21. The van der Waals surface area contributed by atoms with Gasteiger partial charge in [0.25, 0.3) is 0 Å². The Bertz CT molecular complexity index is 980. The molecule has 122 valence electrons. The van der Waals surface area contributed by atoms with Crippen LogP contribution in [-0.2, 0) is 21.3 Å². The number of anilines is 1. The van der Waals surface area contributed by atoms with E-state index in [4.69, 9.17) is 9.44 Å². The van der Waals surface area contributed by atoms with Gasteiger partial charge in [-0.1, -0.05) is 0 Å². The highest BCUT2D eigenvalue weighted by Crippen LogP contribution is 2.28. The number of carbonyl (C=O) groups is 1. The summed E-state index contributed by atoms with van der Waals surface area (Å²) < 4.78 is 42.9. The molecule has 1 aliphatic rings. The van der Waals surface area contributed by atoms with Crippen molar-refractivity contribution in [1.82, 2.24) is 0 Å². The molecule has 0 aliphatic carbocycles. The Morgan fingerprint density at radius 2 is 1.96 bits per heavy atom. The average molecular weight is 346 g/mol. The summed E-state index contributed by atoms with van der Waals surface area (Å²) in [5.41, 5.74) is 0.997. The summed E-state index contributed by atoms with van der Waals surface area (Å²) in [4.78, 5) is 11.0. The molecule has 1 N–H and O–H groups in total. The minimum Gasteiger partial charge on any atom is -0.379 e. The predicted octanol–water partition coefficient (Wildman–Crippen LogP) is 2.35. The summed E-state index contributed by atoms with van der Waals surface area (Å²) in [5.74, 6) is -0.826. The van der Waals surface area contributed by atoms with E-state index in [2.05, 4.69) is 5.32 Å². The molecule has 6 nitrogen and oxygen atoms in total. The molecule has 0 fully saturated rings. The van der Waals surface area contributed by atoms with Gasteiger partial charge in [0.15, 0.2) is 0 Å². The maximum atomic E-state index is 13.3. The lowest BCUT2D eigenvalue weighted by molar-refractivity contribution is -0.116. The molecule has 8 heteroatoms. The van der Waals surface area contributed by atoms with E-state index in [-0.39, 0.29) is 22.1 Å². The number of nitrogens with zero attached hydrogens (tertiary/aromatic N) is 1. The van der Waals surface area contributed by atoms with E-state index in [9.17, 15) is 17.6 Å². The fourth-order valence-electron chi connectivity index (χ4n) is 2.33. The standard InChI is InChI=1S/C16H11FN2O4S/c17-14-4-3-13(8-11(14)9-18)24(21,22)23-12-2-5-15-10(7-12)1-6-16(20)19-15/h2-5,7-8H,1,6H2,(H,19,20). The SMILES string of the molecule is N#Cc1cc(S(=O)(=O)Oc2ccc3c(c2)CCC(=O)N3)ccc1F. The zero-order valence-electron chi connectivity index (χ0n) is 12.2. The minimum absolute atomic E-state index is 0.0766. The lowest BCUT2D eigenvalue weighted by Crippen LogP contribution is -2.19. The molecule has 0 aromatic heterocycles. The number of hydrogen-bond donors (Lipinski definition) is 1. The van der Waals surface area contributed by atoms with E-state index in [1.54, 1.807) is 12.1 Å². The number of halogens is 1. The van der Waals surface area contributed by atoms with Crippen LogP contribution in [-0.4, -0.2) is 14.3 Å². The molecule has 0 saturated carbocycles. The van der Waals surface area contributed by atoms with Gasteiger partial charge in [-0.05, 0) is 48.4 Å². The molecule has 2 aromatic carbocycles. The zero-order chi connectivity index (χ0) is 17.3. The first-order valence-corrected chi connectivity index (χ1v) is 8.37. The van der Waals surface area contributed by atoms with Crippen molar-refractivity contribution in [1.29, 1.82) is 5.26 Å². The van der Waals surface area contributed by atoms with E-state index in [0.717, 1.165) is 23.8 Å². The third kappa shape index (κ3) is 3.07. The zero-order valence-corrected chi connectivity index (χ0v) is 13.1. The molecule has 0 unspecified atom stereocenters. The molecule has 1 aliphatic heterocycles. The molecule has 3 rings (SSSR count). The molecule has 0 saturated heterocycles. The van der Waals surface area contributed by atoms with Gasteiger partial charge in [0.2, 0.25) is 5.91 Å². The Kier molecular flexibility index (Phi) is 3.95. The Balaban J connectivity index is 1.90. The van der Waals surface area contributed by atoms with E-state index >= 15 is 0 Å². The first-order chi connectivity index (χ1) is 11.4. The first-order valence-electron chi connectivity index (χ1n) is 6.96. The van der Waals surface area contributed by atoms with Gasteiger partial charge in [-0.15, -0.1) is 0 Å². The maximum absolute atomic E-state index is 13.3. The van der Waals surface area contributed by atoms with Gasteiger partial charge in [0, 0.05) is 12.1 Å². The van der Waals surface area contributed by atoms with Crippen LogP contribution in [0.1, 0.15) is 17.5 Å². The third-order valence-corrected chi connectivity index (χ3v) is 4.77. The molecular formula is C16H11FN2O4S. The van der Waals surface area contributed by atoms with Gasteiger partial charge in [-0.3, -0.25) is 4.79 Å². The van der Waals surface area contributed by atoms with E-state index in [1.165, 1.54) is 12.1 Å². The second-order valence-electron chi connectivity index (χ2n) is 5.16. The highest BCUT2D eigenvalue weighted by atomic mass is 32.2. The van der Waals surface area contributed by atoms with Crippen LogP contribution in [0.25, 0.3) is 0 Å². The van der Waals surface area contributed by atoms with Gasteiger partial charge in [0.05, 0.1) is 5.56 Å². The number of carbonyl (C=O) groups excluding carboxylic acids is 1. The number of fused-ring (bicyclic) bond motifs is 1. The van der Waals surface area contributed by atoms with Crippen molar-refractivity contribution >= 4 is 21.7 Å². The number of rotatable bonds is 3. The lowest BCUT2D eigenvalue weighted by Gasteiger charge is -2.17. The predicted molar refractivity (Wildman–Crippen MR) is 82.3 cm³/mol. The number of nitrogens with one attached hydrogen (secondary N) is 1. The smallest absolute Gasteiger partial charge is 0.339 e. The van der Waals surface area contributed by atoms with Gasteiger partial charge < -0.3 is 9.50 Å². The number of amides is 1. The summed E-state index contributed by atoms with van der Waals surface area (Å²) >= 11 is 0. The van der Waals surface area contributed by atoms with Crippen LogP contribution in [0.5, 0.6) is 5.75 Å². The quantitative estimate of drug-likeness (QED) is 0.861. The van der Waals surface area contributed by atoms with E-state index < -0.39 is 15.9 Å². The summed E-state index contributed by atoms with van der Waals surface area (Å²) in [6.45, 7) is 0. The van der Waals surface area contributed by atoms with Crippen molar-refractivity contribution in [2.24, 2.45) is 0 Å². The van der Waals surface area contributed by atoms with Crippen LogP contribution in [0.4, 0.5) is 10.1 Å². The summed E-state index contributed by atoms with van der Waals surface area (Å²) in [6.07, 6.45) is 0.792. The Hall–Kier alpha value is -2.92. The Labute approximate surface area is 137 Å². The Morgan fingerprint density at radius 3 is 2.71 bits per heavy atom. The van der Waals surface area contributed by atoms with Crippen molar-refractivity contribution in [2.45, 2.75) is 17.7 Å². The summed E-state index contributed by atoms with van der Waals surface area (Å²) in [7, 11) is -4.21. The monoisotopic (exact) mass is 346 g/mol. The highest BCUT2D eigenvalue weighted by Gasteiger charge is 2.21. The number of nitriles is 1. The number of hydrogen-bond acceptors (Lipinski definition) is 5. The van der Waals surface area contributed by atoms with Crippen molar-refractivity contribution in [2.75, 3.05) is 5.32 Å². The fraction of sp³-hybridized carbons (Fsp3) is 0.125. The topological polar surface area (TPSA) is 96.3 Å². The molecule has 2 aromatic rings. The largest absolute Gasteiger partial charge is 0.379 e. The fourth-order valence-corrected chi connectivity index (χ4v) is 3.28. The van der Waals surface area contributed by atoms with E-state index in [0.29, 0.717) is 18.5 Å². The molecule has 0 radical (unpaired) electrons. The van der Waals surface area contributed by atoms with Gasteiger partial charge in [-0.2, -0.15) is 13.7 Å². The maximum Gasteiger partial charge on any atom is 0.339 e. The number of benzene rings is 2. The highest BCUT2D eigenvalue weighted by molar-refractivity contribution is 7.87. The van der Waals surface area contributed by atoms with Crippen LogP contribution in [0, 0.1) is 17.1 Å². The van der Waals surface area contributed by atoms with Gasteiger partial charge in [-0.25, -0.2) is 4.39 Å². The van der Waals surface area contributed by atoms with Gasteiger partial charge >= 0.3 is 10.1 Å². The van der Waals surface area contributed by atoms with Gasteiger partial charge in [0.1, 0.15) is 22.5 Å². The van der Waals surface area contributed by atoms with Crippen LogP contribution in [0.3, 0.4) is 0 Å². The number of aryl methyl sites for hydroxylation is 1. The van der Waals surface area contributed by atoms with Crippen LogP contribution >= 0.6 is 0 Å². The van der Waals surface area contributed by atoms with Crippen molar-refractivity contribution < 1.29 is 21.8 Å². The molecule has 24 heavy (non-hydrogen) atoms.